The van der Waals surface area contributed by atoms with Crippen molar-refractivity contribution in [3.8, 4) is 11.5 Å². The molecule has 2 rings (SSSR count). The second-order valence-electron chi connectivity index (χ2n) is 3.64. The number of hydrogen-bond donors (Lipinski definition) is 1. The van der Waals surface area contributed by atoms with E-state index in [0.29, 0.717) is 30.3 Å². The van der Waals surface area contributed by atoms with Crippen molar-refractivity contribution in [2.75, 3.05) is 0 Å². The van der Waals surface area contributed by atoms with Crippen LogP contribution < -0.4 is 0 Å². The van der Waals surface area contributed by atoms with Gasteiger partial charge in [0, 0.05) is 10.7 Å². The molecule has 0 amide bonds. The SMILES string of the molecule is CCC(O)Cc1nc(-c2ccc(Br)cn2)no1. The fraction of sp³-hybridized carbons (Fsp3) is 0.364. The van der Waals surface area contributed by atoms with Crippen LogP contribution in [-0.4, -0.2) is 26.3 Å². The topological polar surface area (TPSA) is 72.0 Å². The summed E-state index contributed by atoms with van der Waals surface area (Å²) in [6, 6.07) is 3.66. The van der Waals surface area contributed by atoms with E-state index >= 15 is 0 Å². The molecule has 17 heavy (non-hydrogen) atoms. The molecule has 1 atom stereocenters. The van der Waals surface area contributed by atoms with Crippen LogP contribution in [0.15, 0.2) is 27.3 Å². The molecule has 0 aliphatic rings. The molecule has 2 heterocycles. The van der Waals surface area contributed by atoms with Crippen molar-refractivity contribution >= 4 is 15.9 Å². The predicted molar refractivity (Wildman–Crippen MR) is 65.2 cm³/mol. The molecule has 1 N–H and O–H groups in total. The van der Waals surface area contributed by atoms with Gasteiger partial charge in [0.1, 0.15) is 5.69 Å². The number of pyridine rings is 1. The Morgan fingerprint density at radius 1 is 1.47 bits per heavy atom. The molecular weight excluding hydrogens is 286 g/mol. The van der Waals surface area contributed by atoms with Crippen LogP contribution in [-0.2, 0) is 6.42 Å². The number of aliphatic hydroxyl groups excluding tert-OH is 1. The summed E-state index contributed by atoms with van der Waals surface area (Å²) in [7, 11) is 0. The van der Waals surface area contributed by atoms with Crippen molar-refractivity contribution in [3.05, 3.63) is 28.7 Å². The summed E-state index contributed by atoms with van der Waals surface area (Å²) in [5, 5.41) is 13.3. The monoisotopic (exact) mass is 297 g/mol. The van der Waals surface area contributed by atoms with Gasteiger partial charge in [-0.1, -0.05) is 12.1 Å². The Bertz CT molecular complexity index is 484. The van der Waals surface area contributed by atoms with Gasteiger partial charge in [0.05, 0.1) is 12.5 Å². The van der Waals surface area contributed by atoms with Crippen molar-refractivity contribution in [1.29, 1.82) is 0 Å². The van der Waals surface area contributed by atoms with Crippen LogP contribution in [0.25, 0.3) is 11.5 Å². The highest BCUT2D eigenvalue weighted by atomic mass is 79.9. The van der Waals surface area contributed by atoms with Gasteiger partial charge in [-0.05, 0) is 34.5 Å². The summed E-state index contributed by atoms with van der Waals surface area (Å²) in [6.45, 7) is 1.90. The Kier molecular flexibility index (Phi) is 3.86. The lowest BCUT2D eigenvalue weighted by atomic mass is 10.2. The van der Waals surface area contributed by atoms with E-state index in [9.17, 15) is 5.11 Å². The minimum atomic E-state index is -0.443. The molecular formula is C11H12BrN3O2. The minimum absolute atomic E-state index is 0.375. The summed E-state index contributed by atoms with van der Waals surface area (Å²) < 4.78 is 5.94. The number of aliphatic hydroxyl groups is 1. The highest BCUT2D eigenvalue weighted by molar-refractivity contribution is 9.10. The van der Waals surface area contributed by atoms with Crippen molar-refractivity contribution in [3.63, 3.8) is 0 Å². The van der Waals surface area contributed by atoms with Gasteiger partial charge in [-0.15, -0.1) is 0 Å². The Labute approximate surface area is 107 Å². The first-order valence-electron chi connectivity index (χ1n) is 5.31. The zero-order valence-corrected chi connectivity index (χ0v) is 10.9. The first kappa shape index (κ1) is 12.2. The summed E-state index contributed by atoms with van der Waals surface area (Å²) in [4.78, 5) is 8.35. The van der Waals surface area contributed by atoms with E-state index in [1.807, 2.05) is 13.0 Å². The van der Waals surface area contributed by atoms with Crippen LogP contribution in [0.4, 0.5) is 0 Å². The Morgan fingerprint density at radius 2 is 2.29 bits per heavy atom. The van der Waals surface area contributed by atoms with Gasteiger partial charge in [-0.2, -0.15) is 4.98 Å². The molecule has 0 aliphatic heterocycles. The van der Waals surface area contributed by atoms with Crippen LogP contribution in [0.3, 0.4) is 0 Å². The largest absolute Gasteiger partial charge is 0.393 e. The third-order valence-corrected chi connectivity index (χ3v) is 2.78. The van der Waals surface area contributed by atoms with E-state index in [4.69, 9.17) is 4.52 Å². The molecule has 0 radical (unpaired) electrons. The van der Waals surface area contributed by atoms with E-state index in [1.54, 1.807) is 12.3 Å². The van der Waals surface area contributed by atoms with Crippen molar-refractivity contribution in [2.24, 2.45) is 0 Å². The number of halogens is 1. The lowest BCUT2D eigenvalue weighted by molar-refractivity contribution is 0.158. The Balaban J connectivity index is 2.15. The molecule has 0 spiro atoms. The predicted octanol–water partition coefficient (Wildman–Crippen LogP) is 2.21. The first-order valence-corrected chi connectivity index (χ1v) is 6.11. The highest BCUT2D eigenvalue weighted by Gasteiger charge is 2.12. The summed E-state index contributed by atoms with van der Waals surface area (Å²) in [5.74, 6) is 0.870. The summed E-state index contributed by atoms with van der Waals surface area (Å²) in [6.07, 6.45) is 2.27. The molecule has 0 fully saturated rings. The van der Waals surface area contributed by atoms with Crippen molar-refractivity contribution in [2.45, 2.75) is 25.9 Å². The fourth-order valence-corrected chi connectivity index (χ4v) is 1.53. The minimum Gasteiger partial charge on any atom is -0.393 e. The van der Waals surface area contributed by atoms with E-state index in [1.165, 1.54) is 0 Å². The molecule has 1 unspecified atom stereocenters. The van der Waals surface area contributed by atoms with Gasteiger partial charge in [-0.25, -0.2) is 0 Å². The van der Waals surface area contributed by atoms with Crippen molar-refractivity contribution in [1.82, 2.24) is 15.1 Å². The van der Waals surface area contributed by atoms with E-state index in [2.05, 4.69) is 31.1 Å². The average molecular weight is 298 g/mol. The molecule has 0 aliphatic carbocycles. The number of hydrogen-bond acceptors (Lipinski definition) is 5. The van der Waals surface area contributed by atoms with Gasteiger partial charge in [0.2, 0.25) is 11.7 Å². The normalized spacial score (nSPS) is 12.6. The summed E-state index contributed by atoms with van der Waals surface area (Å²) >= 11 is 3.31. The van der Waals surface area contributed by atoms with Crippen LogP contribution in [0.5, 0.6) is 0 Å². The smallest absolute Gasteiger partial charge is 0.229 e. The average Bonchev–Trinajstić information content (AvgIpc) is 2.78. The quantitative estimate of drug-likeness (QED) is 0.937. The van der Waals surface area contributed by atoms with E-state index < -0.39 is 6.10 Å². The Hall–Kier alpha value is -1.27. The van der Waals surface area contributed by atoms with Crippen molar-refractivity contribution < 1.29 is 9.63 Å². The molecule has 0 saturated carbocycles. The summed E-state index contributed by atoms with van der Waals surface area (Å²) in [5.41, 5.74) is 0.647. The van der Waals surface area contributed by atoms with Crippen LogP contribution in [0, 0.1) is 0 Å². The molecule has 2 aromatic rings. The van der Waals surface area contributed by atoms with E-state index in [0.717, 1.165) is 4.47 Å². The maximum Gasteiger partial charge on any atom is 0.229 e. The standard InChI is InChI=1S/C11H12BrN3O2/c1-2-8(16)5-10-14-11(15-17-10)9-4-3-7(12)6-13-9/h3-4,6,8,16H,2,5H2,1H3. The van der Waals surface area contributed by atoms with Crippen LogP contribution >= 0.6 is 15.9 Å². The van der Waals surface area contributed by atoms with Gasteiger partial charge in [0.15, 0.2) is 0 Å². The van der Waals surface area contributed by atoms with E-state index in [-0.39, 0.29) is 0 Å². The fourth-order valence-electron chi connectivity index (χ4n) is 1.30. The molecule has 0 saturated heterocycles. The molecule has 0 bridgehead atoms. The van der Waals surface area contributed by atoms with Gasteiger partial charge < -0.3 is 9.63 Å². The molecule has 90 valence electrons. The van der Waals surface area contributed by atoms with Crippen LogP contribution in [0.2, 0.25) is 0 Å². The number of rotatable bonds is 4. The molecule has 2 aromatic heterocycles. The second-order valence-corrected chi connectivity index (χ2v) is 4.56. The Morgan fingerprint density at radius 3 is 2.94 bits per heavy atom. The lowest BCUT2D eigenvalue weighted by Crippen LogP contribution is -2.08. The second kappa shape index (κ2) is 5.37. The van der Waals surface area contributed by atoms with Crippen LogP contribution in [0.1, 0.15) is 19.2 Å². The zero-order valence-electron chi connectivity index (χ0n) is 9.30. The molecule has 0 aromatic carbocycles. The zero-order chi connectivity index (χ0) is 12.3. The highest BCUT2D eigenvalue weighted by Crippen LogP contribution is 2.16. The number of nitrogens with zero attached hydrogens (tertiary/aromatic N) is 3. The van der Waals surface area contributed by atoms with Gasteiger partial charge in [0.25, 0.3) is 0 Å². The third kappa shape index (κ3) is 3.10. The third-order valence-electron chi connectivity index (χ3n) is 2.31. The maximum absolute atomic E-state index is 9.48. The molecule has 5 nitrogen and oxygen atoms in total. The van der Waals surface area contributed by atoms with Gasteiger partial charge in [-0.3, -0.25) is 4.98 Å². The number of aromatic nitrogens is 3. The lowest BCUT2D eigenvalue weighted by Gasteiger charge is -2.01. The maximum atomic E-state index is 9.48. The first-order chi connectivity index (χ1) is 8.19. The van der Waals surface area contributed by atoms with Gasteiger partial charge >= 0.3 is 0 Å². The molecule has 6 heteroatoms.